The van der Waals surface area contributed by atoms with E-state index in [1.165, 1.54) is 12.1 Å². The number of ether oxygens (including phenoxy) is 1. The van der Waals surface area contributed by atoms with E-state index < -0.39 is 0 Å². The highest BCUT2D eigenvalue weighted by Gasteiger charge is 2.27. The van der Waals surface area contributed by atoms with Gasteiger partial charge in [-0.1, -0.05) is 50.2 Å². The molecule has 1 saturated heterocycles. The van der Waals surface area contributed by atoms with Gasteiger partial charge in [0.15, 0.2) is 5.11 Å². The number of rotatable bonds is 6. The average Bonchev–Trinajstić information content (AvgIpc) is 2.84. The third-order valence-corrected chi connectivity index (χ3v) is 6.20. The van der Waals surface area contributed by atoms with Crippen molar-refractivity contribution in [2.45, 2.75) is 20.0 Å². The topological polar surface area (TPSA) is 44.8 Å². The highest BCUT2D eigenvalue weighted by Crippen LogP contribution is 2.21. The Kier molecular flexibility index (Phi) is 7.75. The normalized spacial score (nSPS) is 16.0. The summed E-state index contributed by atoms with van der Waals surface area (Å²) in [6.45, 7) is 7.09. The lowest BCUT2D eigenvalue weighted by atomic mass is 10.0. The summed E-state index contributed by atoms with van der Waals surface area (Å²) in [4.78, 5) is 17.6. The molecule has 1 aliphatic heterocycles. The minimum absolute atomic E-state index is 0.0123. The molecule has 34 heavy (non-hydrogen) atoms. The summed E-state index contributed by atoms with van der Waals surface area (Å²) in [6, 6.07) is 19.9. The highest BCUT2D eigenvalue weighted by atomic mass is 32.1. The maximum atomic E-state index is 13.6. The van der Waals surface area contributed by atoms with Gasteiger partial charge in [-0.15, -0.1) is 0 Å². The lowest BCUT2D eigenvalue weighted by Gasteiger charge is -2.37. The summed E-state index contributed by atoms with van der Waals surface area (Å²) < 4.78 is 19.2. The number of benzene rings is 3. The molecule has 0 saturated carbocycles. The molecule has 3 aromatic carbocycles. The molecule has 1 unspecified atom stereocenters. The highest BCUT2D eigenvalue weighted by molar-refractivity contribution is 7.80. The van der Waals surface area contributed by atoms with Crippen molar-refractivity contribution in [2.24, 2.45) is 5.92 Å². The Morgan fingerprint density at radius 2 is 1.88 bits per heavy atom. The summed E-state index contributed by atoms with van der Waals surface area (Å²) in [6.07, 6.45) is -0.167. The largest absolute Gasteiger partial charge is 0.373 e. The van der Waals surface area contributed by atoms with Crippen molar-refractivity contribution < 1.29 is 13.9 Å². The Hall–Kier alpha value is -3.03. The van der Waals surface area contributed by atoms with E-state index in [2.05, 4.69) is 19.2 Å². The predicted octanol–water partition coefficient (Wildman–Crippen LogP) is 5.17. The van der Waals surface area contributed by atoms with Crippen LogP contribution in [-0.2, 0) is 4.74 Å². The minimum atomic E-state index is -0.288. The summed E-state index contributed by atoms with van der Waals surface area (Å²) in [5, 5.41) is 5.74. The number of hydrogen-bond donors (Lipinski definition) is 1. The lowest BCUT2D eigenvalue weighted by Crippen LogP contribution is -2.52. The van der Waals surface area contributed by atoms with Crippen LogP contribution in [0.2, 0.25) is 0 Å². The molecule has 4 rings (SSSR count). The number of morpholine rings is 1. The number of hydrogen-bond acceptors (Lipinski definition) is 3. The Labute approximate surface area is 205 Å². The van der Waals surface area contributed by atoms with Crippen molar-refractivity contribution in [3.63, 3.8) is 0 Å². The molecule has 0 spiro atoms. The number of nitrogens with zero attached hydrogens (tertiary/aromatic N) is 2. The van der Waals surface area contributed by atoms with Gasteiger partial charge in [0.2, 0.25) is 0 Å². The smallest absolute Gasteiger partial charge is 0.254 e. The summed E-state index contributed by atoms with van der Waals surface area (Å²) >= 11 is 5.59. The Morgan fingerprint density at radius 1 is 1.15 bits per heavy atom. The maximum Gasteiger partial charge on any atom is 0.254 e. The van der Waals surface area contributed by atoms with Crippen molar-refractivity contribution in [1.82, 2.24) is 9.80 Å². The number of nitrogens with one attached hydrogen (secondary N) is 1. The quantitative estimate of drug-likeness (QED) is 0.494. The number of amides is 1. The van der Waals surface area contributed by atoms with Gasteiger partial charge in [0, 0.05) is 37.4 Å². The van der Waals surface area contributed by atoms with Crippen molar-refractivity contribution >= 4 is 39.7 Å². The molecule has 7 heteroatoms. The third kappa shape index (κ3) is 5.90. The van der Waals surface area contributed by atoms with Crippen LogP contribution < -0.4 is 5.32 Å². The predicted molar refractivity (Wildman–Crippen MR) is 139 cm³/mol. The Bertz CT molecular complexity index is 1150. The molecule has 1 atom stereocenters. The van der Waals surface area contributed by atoms with Crippen molar-refractivity contribution in [3.05, 3.63) is 78.1 Å². The van der Waals surface area contributed by atoms with Gasteiger partial charge in [-0.05, 0) is 59.2 Å². The van der Waals surface area contributed by atoms with Crippen molar-refractivity contribution in [2.75, 3.05) is 38.1 Å². The zero-order valence-electron chi connectivity index (χ0n) is 19.5. The van der Waals surface area contributed by atoms with Crippen LogP contribution in [0.3, 0.4) is 0 Å². The zero-order chi connectivity index (χ0) is 24.1. The molecule has 1 N–H and O–H groups in total. The van der Waals surface area contributed by atoms with Crippen molar-refractivity contribution in [3.8, 4) is 0 Å². The molecular weight excluding hydrogens is 449 g/mol. The van der Waals surface area contributed by atoms with Crippen LogP contribution >= 0.6 is 12.2 Å². The lowest BCUT2D eigenvalue weighted by molar-refractivity contribution is -0.0215. The molecule has 3 aromatic rings. The van der Waals surface area contributed by atoms with Crippen LogP contribution in [0.1, 0.15) is 24.2 Å². The average molecular weight is 480 g/mol. The van der Waals surface area contributed by atoms with Gasteiger partial charge in [-0.3, -0.25) is 4.79 Å². The first kappa shape index (κ1) is 24.1. The fourth-order valence-electron chi connectivity index (χ4n) is 4.26. The molecule has 0 aromatic heterocycles. The second-order valence-electron chi connectivity index (χ2n) is 9.01. The van der Waals surface area contributed by atoms with E-state index in [9.17, 15) is 9.18 Å². The summed E-state index contributed by atoms with van der Waals surface area (Å²) in [5.74, 6) is 0.0436. The number of carbonyl (C=O) groups is 1. The summed E-state index contributed by atoms with van der Waals surface area (Å²) in [5.41, 5.74) is 1.45. The van der Waals surface area contributed by atoms with Gasteiger partial charge in [0.05, 0.1) is 12.7 Å². The van der Waals surface area contributed by atoms with Crippen LogP contribution in [0.4, 0.5) is 10.1 Å². The minimum Gasteiger partial charge on any atom is -0.373 e. The molecule has 1 fully saturated rings. The molecule has 1 aliphatic rings. The fraction of sp³-hybridized carbons (Fsp3) is 0.333. The van der Waals surface area contributed by atoms with Crippen LogP contribution in [-0.4, -0.2) is 59.7 Å². The van der Waals surface area contributed by atoms with Crippen LogP contribution in [0.15, 0.2) is 66.7 Å². The number of halogens is 1. The van der Waals surface area contributed by atoms with Crippen molar-refractivity contribution in [1.29, 1.82) is 0 Å². The summed E-state index contributed by atoms with van der Waals surface area (Å²) in [7, 11) is 0. The number of carbonyl (C=O) groups excluding carboxylic acids is 1. The molecular formula is C27H30FN3O2S. The number of thiocarbonyl (C=S) groups is 1. The van der Waals surface area contributed by atoms with E-state index in [4.69, 9.17) is 17.0 Å². The Balaban J connectivity index is 1.46. The second kappa shape index (κ2) is 10.9. The monoisotopic (exact) mass is 479 g/mol. The molecule has 0 bridgehead atoms. The second-order valence-corrected chi connectivity index (χ2v) is 9.39. The maximum absolute atomic E-state index is 13.6. The number of fused-ring (bicyclic) bond motifs is 1. The molecule has 0 aliphatic carbocycles. The third-order valence-electron chi connectivity index (χ3n) is 5.84. The van der Waals surface area contributed by atoms with E-state index in [1.54, 1.807) is 12.1 Å². The van der Waals surface area contributed by atoms with E-state index in [0.29, 0.717) is 49.4 Å². The van der Waals surface area contributed by atoms with Crippen LogP contribution in [0.5, 0.6) is 0 Å². The molecule has 0 radical (unpaired) electrons. The zero-order valence-corrected chi connectivity index (χ0v) is 20.4. The standard InChI is InChI=1S/C27H30FN3O2S/c1-19(2)16-31(26(32)25-9-5-7-20-6-3-4-8-24(20)25)18-23-17-30(14-15-33-23)27(34)29-22-12-10-21(28)11-13-22/h3-13,19,23H,14-18H2,1-2H3,(H,29,34). The Morgan fingerprint density at radius 3 is 2.65 bits per heavy atom. The van der Waals surface area contributed by atoms with Gasteiger partial charge < -0.3 is 19.9 Å². The van der Waals surface area contributed by atoms with Gasteiger partial charge >= 0.3 is 0 Å². The van der Waals surface area contributed by atoms with Crippen LogP contribution in [0.25, 0.3) is 10.8 Å². The van der Waals surface area contributed by atoms with E-state index in [0.717, 1.165) is 16.5 Å². The number of anilines is 1. The van der Waals surface area contributed by atoms with Gasteiger partial charge in [-0.2, -0.15) is 0 Å². The first-order valence-electron chi connectivity index (χ1n) is 11.6. The molecule has 1 amide bonds. The molecule has 1 heterocycles. The first-order chi connectivity index (χ1) is 16.4. The van der Waals surface area contributed by atoms with Gasteiger partial charge in [0.1, 0.15) is 5.82 Å². The SMILES string of the molecule is CC(C)CN(CC1CN(C(=S)Nc2ccc(F)cc2)CCO1)C(=O)c1cccc2ccccc12. The van der Waals surface area contributed by atoms with Crippen LogP contribution in [0, 0.1) is 11.7 Å². The van der Waals surface area contributed by atoms with Gasteiger partial charge in [0.25, 0.3) is 5.91 Å². The first-order valence-corrected chi connectivity index (χ1v) is 12.0. The van der Waals surface area contributed by atoms with E-state index in [-0.39, 0.29) is 17.8 Å². The van der Waals surface area contributed by atoms with E-state index >= 15 is 0 Å². The molecule has 178 valence electrons. The fourth-order valence-corrected chi connectivity index (χ4v) is 4.54. The molecule has 5 nitrogen and oxygen atoms in total. The van der Waals surface area contributed by atoms with E-state index in [1.807, 2.05) is 52.3 Å². The van der Waals surface area contributed by atoms with Gasteiger partial charge in [-0.25, -0.2) is 4.39 Å².